The van der Waals surface area contributed by atoms with Crippen molar-refractivity contribution >= 4 is 10.0 Å². The lowest BCUT2D eigenvalue weighted by Crippen LogP contribution is -2.17. The Morgan fingerprint density at radius 1 is 0.935 bits per heavy atom. The maximum Gasteiger partial charge on any atom is 0.239 e. The fourth-order valence-electron chi connectivity index (χ4n) is 5.44. The van der Waals surface area contributed by atoms with Gasteiger partial charge in [-0.3, -0.25) is 0 Å². The van der Waals surface area contributed by atoms with E-state index in [-0.39, 0.29) is 15.7 Å². The zero-order valence-electron chi connectivity index (χ0n) is 19.2. The number of sulfonamides is 1. The topological polar surface area (TPSA) is 65.1 Å². The summed E-state index contributed by atoms with van der Waals surface area (Å²) in [5.74, 6) is 0.608. The van der Waals surface area contributed by atoms with E-state index in [0.29, 0.717) is 5.92 Å². The predicted octanol–water partition coefficient (Wildman–Crippen LogP) is 5.79. The van der Waals surface area contributed by atoms with E-state index in [1.807, 2.05) is 13.0 Å². The first-order valence-corrected chi connectivity index (χ1v) is 13.5. The molecule has 3 fully saturated rings. The molecule has 0 amide bonds. The molecule has 0 spiro atoms. The number of aromatic nitrogens is 1. The number of nitrogens with two attached hydrogens (primary N) is 1. The Hall–Kier alpha value is -1.59. The van der Waals surface area contributed by atoms with Gasteiger partial charge in [-0.15, -0.1) is 0 Å². The molecule has 3 saturated carbocycles. The Morgan fingerprint density at radius 2 is 1.48 bits per heavy atom. The zero-order chi connectivity index (χ0) is 22.0. The molecule has 2 aromatic rings. The lowest BCUT2D eigenvalue weighted by molar-refractivity contribution is 0.318. The number of hydrogen-bond donors (Lipinski definition) is 1. The van der Waals surface area contributed by atoms with Crippen molar-refractivity contribution in [3.63, 3.8) is 0 Å². The molecule has 0 aliphatic heterocycles. The third kappa shape index (κ3) is 4.00. The smallest absolute Gasteiger partial charge is 0.239 e. The molecular weight excluding hydrogens is 404 g/mol. The lowest BCUT2D eigenvalue weighted by Gasteiger charge is -2.25. The highest BCUT2D eigenvalue weighted by molar-refractivity contribution is 7.89. The average Bonchev–Trinajstić information content (AvgIpc) is 3.64. The van der Waals surface area contributed by atoms with Crippen LogP contribution in [0, 0.1) is 12.8 Å². The summed E-state index contributed by atoms with van der Waals surface area (Å²) < 4.78 is 27.0. The van der Waals surface area contributed by atoms with Gasteiger partial charge in [0.05, 0.1) is 0 Å². The maximum absolute atomic E-state index is 12.4. The van der Waals surface area contributed by atoms with Gasteiger partial charge in [-0.05, 0) is 97.1 Å². The zero-order valence-corrected chi connectivity index (χ0v) is 20.0. The molecule has 168 valence electrons. The molecule has 4 nitrogen and oxygen atoms in total. The Balaban J connectivity index is 1.65. The maximum atomic E-state index is 12.4. The van der Waals surface area contributed by atoms with Gasteiger partial charge in [0.2, 0.25) is 10.0 Å². The van der Waals surface area contributed by atoms with E-state index in [1.54, 1.807) is 0 Å². The van der Waals surface area contributed by atoms with E-state index in [0.717, 1.165) is 23.5 Å². The van der Waals surface area contributed by atoms with E-state index in [9.17, 15) is 8.42 Å². The Kier molecular flexibility index (Phi) is 4.95. The average molecular weight is 441 g/mol. The van der Waals surface area contributed by atoms with Crippen LogP contribution in [0.3, 0.4) is 0 Å². The van der Waals surface area contributed by atoms with E-state index < -0.39 is 10.0 Å². The van der Waals surface area contributed by atoms with Gasteiger partial charge in [-0.25, -0.2) is 13.6 Å². The predicted molar refractivity (Wildman–Crippen MR) is 126 cm³/mol. The van der Waals surface area contributed by atoms with Gasteiger partial charge in [-0.1, -0.05) is 39.2 Å². The van der Waals surface area contributed by atoms with Crippen LogP contribution in [0.5, 0.6) is 0 Å². The molecule has 1 aromatic carbocycles. The van der Waals surface area contributed by atoms with Crippen molar-refractivity contribution in [1.29, 1.82) is 0 Å². The normalized spacial score (nSPS) is 22.5. The summed E-state index contributed by atoms with van der Waals surface area (Å²) in [6.07, 6.45) is 11.3. The summed E-state index contributed by atoms with van der Waals surface area (Å²) in [5.41, 5.74) is 6.32. The number of hydrogen-bond acceptors (Lipinski definition) is 2. The second kappa shape index (κ2) is 7.21. The minimum absolute atomic E-state index is 0.272. The fraction of sp³-hybridized carbons (Fsp3) is 0.615. The third-order valence-corrected chi connectivity index (χ3v) is 9.44. The first kappa shape index (κ1) is 21.3. The third-order valence-electron chi connectivity index (χ3n) is 8.41. The molecule has 0 unspecified atom stereocenters. The van der Waals surface area contributed by atoms with Crippen molar-refractivity contribution in [2.24, 2.45) is 11.1 Å². The molecule has 1 heterocycles. The fourth-order valence-corrected chi connectivity index (χ4v) is 6.23. The summed E-state index contributed by atoms with van der Waals surface area (Å²) in [7, 11) is -3.76. The van der Waals surface area contributed by atoms with E-state index in [1.165, 1.54) is 68.9 Å². The van der Waals surface area contributed by atoms with Crippen LogP contribution in [0.25, 0.3) is 11.3 Å². The molecule has 31 heavy (non-hydrogen) atoms. The van der Waals surface area contributed by atoms with Crippen LogP contribution in [0.4, 0.5) is 0 Å². The SMILES string of the molecule is Cc1c(S(N)(=O)=O)cc(-c2cc(C3(C)CC3)cc(C3(C)CC3)c2)n1CC1CCCCC1. The minimum Gasteiger partial charge on any atom is -0.343 e. The quantitative estimate of drug-likeness (QED) is 0.617. The summed E-state index contributed by atoms with van der Waals surface area (Å²) >= 11 is 0. The van der Waals surface area contributed by atoms with Gasteiger partial charge in [-0.2, -0.15) is 0 Å². The standard InChI is InChI=1S/C26H36N2O2S/c1-18-24(31(27,29)30)16-23(28(18)17-19-7-5-4-6-8-19)20-13-21(25(2)9-10-25)15-22(14-20)26(3)11-12-26/h13-16,19H,4-12,17H2,1-3H3,(H2,27,29,30). The molecule has 0 bridgehead atoms. The summed E-state index contributed by atoms with van der Waals surface area (Å²) in [6.45, 7) is 7.51. The van der Waals surface area contributed by atoms with Crippen LogP contribution in [0.15, 0.2) is 29.2 Å². The molecule has 0 radical (unpaired) electrons. The van der Waals surface area contributed by atoms with Crippen LogP contribution in [-0.2, 0) is 27.4 Å². The van der Waals surface area contributed by atoms with Crippen molar-refractivity contribution in [3.05, 3.63) is 41.1 Å². The molecule has 3 aliphatic carbocycles. The van der Waals surface area contributed by atoms with Gasteiger partial charge in [0.1, 0.15) is 4.90 Å². The molecule has 1 aromatic heterocycles. The molecule has 5 rings (SSSR count). The highest BCUT2D eigenvalue weighted by Gasteiger charge is 2.43. The number of nitrogens with zero attached hydrogens (tertiary/aromatic N) is 1. The minimum atomic E-state index is -3.76. The van der Waals surface area contributed by atoms with Crippen molar-refractivity contribution in [2.45, 2.75) is 101 Å². The molecule has 0 saturated heterocycles. The number of primary sulfonamides is 1. The van der Waals surface area contributed by atoms with Crippen LogP contribution < -0.4 is 5.14 Å². The van der Waals surface area contributed by atoms with Crippen LogP contribution in [-0.4, -0.2) is 13.0 Å². The largest absolute Gasteiger partial charge is 0.343 e. The van der Waals surface area contributed by atoms with Crippen molar-refractivity contribution in [2.75, 3.05) is 0 Å². The second-order valence-electron chi connectivity index (χ2n) is 11.1. The number of rotatable bonds is 6. The van der Waals surface area contributed by atoms with Crippen LogP contribution >= 0.6 is 0 Å². The Morgan fingerprint density at radius 3 is 1.97 bits per heavy atom. The molecule has 2 N–H and O–H groups in total. The number of benzene rings is 1. The first-order chi connectivity index (χ1) is 14.6. The van der Waals surface area contributed by atoms with E-state index in [4.69, 9.17) is 5.14 Å². The van der Waals surface area contributed by atoms with Gasteiger partial charge >= 0.3 is 0 Å². The first-order valence-electron chi connectivity index (χ1n) is 12.0. The summed E-state index contributed by atoms with van der Waals surface area (Å²) in [6, 6.07) is 8.90. The highest BCUT2D eigenvalue weighted by atomic mass is 32.2. The summed E-state index contributed by atoms with van der Waals surface area (Å²) in [5, 5.41) is 5.63. The van der Waals surface area contributed by atoms with Crippen LogP contribution in [0.1, 0.15) is 88.5 Å². The van der Waals surface area contributed by atoms with E-state index >= 15 is 0 Å². The summed E-state index contributed by atoms with van der Waals surface area (Å²) in [4.78, 5) is 0.278. The highest BCUT2D eigenvalue weighted by Crippen LogP contribution is 2.53. The Labute approximate surface area is 187 Å². The van der Waals surface area contributed by atoms with Crippen molar-refractivity contribution in [1.82, 2.24) is 4.57 Å². The second-order valence-corrected chi connectivity index (χ2v) is 12.6. The van der Waals surface area contributed by atoms with Gasteiger partial charge < -0.3 is 4.57 Å². The Bertz CT molecular complexity index is 1080. The molecular formula is C26H36N2O2S. The molecule has 0 atom stereocenters. The van der Waals surface area contributed by atoms with E-state index in [2.05, 4.69) is 36.6 Å². The lowest BCUT2D eigenvalue weighted by atomic mass is 9.87. The van der Waals surface area contributed by atoms with Gasteiger partial charge in [0.15, 0.2) is 0 Å². The van der Waals surface area contributed by atoms with Crippen molar-refractivity contribution < 1.29 is 8.42 Å². The van der Waals surface area contributed by atoms with Crippen LogP contribution in [0.2, 0.25) is 0 Å². The molecule has 5 heteroatoms. The van der Waals surface area contributed by atoms with Gasteiger partial charge in [0.25, 0.3) is 0 Å². The molecule has 3 aliphatic rings. The van der Waals surface area contributed by atoms with Gasteiger partial charge in [0, 0.05) is 17.9 Å². The monoisotopic (exact) mass is 440 g/mol. The van der Waals surface area contributed by atoms with Crippen molar-refractivity contribution in [3.8, 4) is 11.3 Å².